The van der Waals surface area contributed by atoms with Gasteiger partial charge in [0.15, 0.2) is 0 Å². The third-order valence-electron chi connectivity index (χ3n) is 2.98. The molecule has 1 aromatic carbocycles. The van der Waals surface area contributed by atoms with Crippen LogP contribution in [-0.2, 0) is 11.3 Å². The minimum Gasteiger partial charge on any atom is -0.496 e. The molecule has 2 amide bonds. The second-order valence-electron chi connectivity index (χ2n) is 4.75. The Hall–Kier alpha value is -1.76. The summed E-state index contributed by atoms with van der Waals surface area (Å²) in [4.78, 5) is 24.0. The highest BCUT2D eigenvalue weighted by Gasteiger charge is 2.17. The first-order chi connectivity index (χ1) is 9.85. The quantitative estimate of drug-likeness (QED) is 0.817. The average Bonchev–Trinajstić information content (AvgIpc) is 2.44. The van der Waals surface area contributed by atoms with E-state index in [1.807, 2.05) is 18.2 Å². The molecule has 0 radical (unpaired) electrons. The highest BCUT2D eigenvalue weighted by Crippen LogP contribution is 2.25. The Kier molecular flexibility index (Phi) is 6.48. The van der Waals surface area contributed by atoms with Gasteiger partial charge >= 0.3 is 12.0 Å². The number of hydrogen-bond acceptors (Lipinski definition) is 3. The van der Waals surface area contributed by atoms with Gasteiger partial charge in [0.25, 0.3) is 0 Å². The van der Waals surface area contributed by atoms with Crippen LogP contribution in [0.2, 0.25) is 0 Å². The van der Waals surface area contributed by atoms with Crippen molar-refractivity contribution in [3.05, 3.63) is 28.2 Å². The Morgan fingerprint density at radius 1 is 1.48 bits per heavy atom. The van der Waals surface area contributed by atoms with Gasteiger partial charge in [-0.2, -0.15) is 0 Å². The summed E-state index contributed by atoms with van der Waals surface area (Å²) in [5.41, 5.74) is 0.913. The number of amides is 2. The normalized spacial score (nSPS) is 11.6. The van der Waals surface area contributed by atoms with Gasteiger partial charge in [0, 0.05) is 20.1 Å². The van der Waals surface area contributed by atoms with Crippen LogP contribution >= 0.6 is 15.9 Å². The zero-order chi connectivity index (χ0) is 16.0. The first kappa shape index (κ1) is 17.3. The third-order valence-corrected chi connectivity index (χ3v) is 3.60. The summed E-state index contributed by atoms with van der Waals surface area (Å²) in [7, 11) is 3.15. The molecule has 0 aromatic heterocycles. The Morgan fingerprint density at radius 2 is 2.14 bits per heavy atom. The van der Waals surface area contributed by atoms with Crippen molar-refractivity contribution in [2.45, 2.75) is 13.5 Å². The van der Waals surface area contributed by atoms with Crippen molar-refractivity contribution >= 4 is 27.9 Å². The number of ether oxygens (including phenoxy) is 1. The molecular weight excluding hydrogens is 340 g/mol. The topological polar surface area (TPSA) is 78.9 Å². The Labute approximate surface area is 132 Å². The Morgan fingerprint density at radius 3 is 2.67 bits per heavy atom. The van der Waals surface area contributed by atoms with Crippen molar-refractivity contribution in [2.75, 3.05) is 20.7 Å². The van der Waals surface area contributed by atoms with Crippen LogP contribution in [0.25, 0.3) is 0 Å². The fourth-order valence-electron chi connectivity index (χ4n) is 1.70. The van der Waals surface area contributed by atoms with E-state index < -0.39 is 11.9 Å². The number of carbonyl (C=O) groups excluding carboxylic acids is 1. The van der Waals surface area contributed by atoms with Gasteiger partial charge < -0.3 is 20.1 Å². The van der Waals surface area contributed by atoms with Gasteiger partial charge in [0.1, 0.15) is 5.75 Å². The minimum atomic E-state index is -0.922. The molecular formula is C14H19BrN2O4. The molecule has 1 aromatic rings. The zero-order valence-electron chi connectivity index (χ0n) is 12.2. The van der Waals surface area contributed by atoms with E-state index >= 15 is 0 Å². The van der Waals surface area contributed by atoms with Crippen LogP contribution in [0, 0.1) is 5.92 Å². The SMILES string of the molecule is COc1ccc(CNC(=O)N(C)CC(C)C(=O)O)cc1Br. The highest BCUT2D eigenvalue weighted by atomic mass is 79.9. The van der Waals surface area contributed by atoms with Crippen LogP contribution in [0.5, 0.6) is 5.75 Å². The van der Waals surface area contributed by atoms with Gasteiger partial charge in [-0.25, -0.2) is 4.79 Å². The number of carbonyl (C=O) groups is 2. The van der Waals surface area contributed by atoms with E-state index in [1.54, 1.807) is 21.1 Å². The number of carboxylic acid groups (broad SMARTS) is 1. The molecule has 1 unspecified atom stereocenters. The molecule has 0 aliphatic rings. The standard InChI is InChI=1S/C14H19BrN2O4/c1-9(13(18)19)8-17(2)14(20)16-7-10-4-5-12(21-3)11(15)6-10/h4-6,9H,7-8H2,1-3H3,(H,16,20)(H,18,19). The number of halogens is 1. The molecule has 2 N–H and O–H groups in total. The van der Waals surface area contributed by atoms with Gasteiger partial charge in [-0.3, -0.25) is 4.79 Å². The molecule has 0 bridgehead atoms. The van der Waals surface area contributed by atoms with Crippen LogP contribution in [-0.4, -0.2) is 42.7 Å². The maximum absolute atomic E-state index is 11.9. The fourth-order valence-corrected chi connectivity index (χ4v) is 2.29. The maximum atomic E-state index is 11.9. The number of benzene rings is 1. The predicted molar refractivity (Wildman–Crippen MR) is 82.4 cm³/mol. The molecule has 1 rings (SSSR count). The van der Waals surface area contributed by atoms with E-state index in [0.29, 0.717) is 6.54 Å². The number of methoxy groups -OCH3 is 1. The highest BCUT2D eigenvalue weighted by molar-refractivity contribution is 9.10. The van der Waals surface area contributed by atoms with E-state index in [4.69, 9.17) is 9.84 Å². The van der Waals surface area contributed by atoms with Gasteiger partial charge in [0.2, 0.25) is 0 Å². The Balaban J connectivity index is 2.52. The van der Waals surface area contributed by atoms with E-state index in [1.165, 1.54) is 4.90 Å². The largest absolute Gasteiger partial charge is 0.496 e. The van der Waals surface area contributed by atoms with Crippen molar-refractivity contribution in [3.63, 3.8) is 0 Å². The minimum absolute atomic E-state index is 0.160. The second-order valence-corrected chi connectivity index (χ2v) is 5.60. The maximum Gasteiger partial charge on any atom is 0.317 e. The van der Waals surface area contributed by atoms with Crippen molar-refractivity contribution in [1.82, 2.24) is 10.2 Å². The van der Waals surface area contributed by atoms with Crippen molar-refractivity contribution in [3.8, 4) is 5.75 Å². The Bertz CT molecular complexity index is 522. The van der Waals surface area contributed by atoms with Crippen LogP contribution in [0.4, 0.5) is 4.79 Å². The smallest absolute Gasteiger partial charge is 0.317 e. The number of carboxylic acids is 1. The number of rotatable bonds is 6. The number of urea groups is 1. The first-order valence-electron chi connectivity index (χ1n) is 6.39. The lowest BCUT2D eigenvalue weighted by Gasteiger charge is -2.20. The predicted octanol–water partition coefficient (Wildman–Crippen LogP) is 2.32. The van der Waals surface area contributed by atoms with E-state index in [2.05, 4.69) is 21.2 Å². The van der Waals surface area contributed by atoms with Gasteiger partial charge in [-0.1, -0.05) is 13.0 Å². The summed E-state index contributed by atoms with van der Waals surface area (Å²) in [6.07, 6.45) is 0. The van der Waals surface area contributed by atoms with Crippen LogP contribution in [0.3, 0.4) is 0 Å². The zero-order valence-corrected chi connectivity index (χ0v) is 13.8. The molecule has 0 fully saturated rings. The molecule has 6 nitrogen and oxygen atoms in total. The van der Waals surface area contributed by atoms with E-state index in [9.17, 15) is 9.59 Å². The lowest BCUT2D eigenvalue weighted by atomic mass is 10.2. The average molecular weight is 359 g/mol. The summed E-state index contributed by atoms with van der Waals surface area (Å²) in [6, 6.07) is 5.21. The fraction of sp³-hybridized carbons (Fsp3) is 0.429. The van der Waals surface area contributed by atoms with Crippen LogP contribution < -0.4 is 10.1 Å². The molecule has 0 spiro atoms. The van der Waals surface area contributed by atoms with E-state index in [-0.39, 0.29) is 12.6 Å². The second kappa shape index (κ2) is 7.87. The molecule has 116 valence electrons. The molecule has 0 aliphatic heterocycles. The van der Waals surface area contributed by atoms with E-state index in [0.717, 1.165) is 15.8 Å². The lowest BCUT2D eigenvalue weighted by molar-refractivity contribution is -0.141. The van der Waals surface area contributed by atoms with Gasteiger partial charge in [-0.15, -0.1) is 0 Å². The monoisotopic (exact) mass is 358 g/mol. The summed E-state index contributed by atoms with van der Waals surface area (Å²) in [5, 5.41) is 11.6. The summed E-state index contributed by atoms with van der Waals surface area (Å²) in [6.45, 7) is 2.08. The summed E-state index contributed by atoms with van der Waals surface area (Å²) in [5.74, 6) is -0.804. The molecule has 0 saturated carbocycles. The van der Waals surface area contributed by atoms with Gasteiger partial charge in [0.05, 0.1) is 17.5 Å². The molecule has 21 heavy (non-hydrogen) atoms. The number of aliphatic carboxylic acids is 1. The number of nitrogens with one attached hydrogen (secondary N) is 1. The lowest BCUT2D eigenvalue weighted by Crippen LogP contribution is -2.40. The van der Waals surface area contributed by atoms with Crippen LogP contribution in [0.1, 0.15) is 12.5 Å². The van der Waals surface area contributed by atoms with Crippen molar-refractivity contribution < 1.29 is 19.4 Å². The summed E-state index contributed by atoms with van der Waals surface area (Å²) >= 11 is 3.38. The van der Waals surface area contributed by atoms with Gasteiger partial charge in [-0.05, 0) is 33.6 Å². The summed E-state index contributed by atoms with van der Waals surface area (Å²) < 4.78 is 5.94. The molecule has 0 heterocycles. The molecule has 7 heteroatoms. The third kappa shape index (κ3) is 5.26. The van der Waals surface area contributed by atoms with Crippen molar-refractivity contribution in [2.24, 2.45) is 5.92 Å². The van der Waals surface area contributed by atoms with Crippen molar-refractivity contribution in [1.29, 1.82) is 0 Å². The molecule has 0 aliphatic carbocycles. The molecule has 1 atom stereocenters. The number of hydrogen-bond donors (Lipinski definition) is 2. The van der Waals surface area contributed by atoms with Crippen LogP contribution in [0.15, 0.2) is 22.7 Å². The molecule has 0 saturated heterocycles. The number of nitrogens with zero attached hydrogens (tertiary/aromatic N) is 1. The first-order valence-corrected chi connectivity index (χ1v) is 7.18.